The summed E-state index contributed by atoms with van der Waals surface area (Å²) in [5.74, 6) is 0. The number of piperazine rings is 1. The second-order valence-electron chi connectivity index (χ2n) is 7.66. The molecular weight excluding hydrogens is 571 g/mol. The minimum atomic E-state index is -4.35. The van der Waals surface area contributed by atoms with Crippen LogP contribution in [0.2, 0.25) is 0 Å². The lowest BCUT2D eigenvalue weighted by Gasteiger charge is -2.36. The summed E-state index contributed by atoms with van der Waals surface area (Å²) in [6.07, 6.45) is -3.48. The van der Waals surface area contributed by atoms with Crippen molar-refractivity contribution in [3.63, 3.8) is 0 Å². The number of alkyl halides is 3. The van der Waals surface area contributed by atoms with Crippen LogP contribution in [0.5, 0.6) is 0 Å². The van der Waals surface area contributed by atoms with E-state index in [1.54, 1.807) is 6.07 Å². The van der Waals surface area contributed by atoms with Crippen molar-refractivity contribution >= 4 is 23.1 Å². The van der Waals surface area contributed by atoms with Gasteiger partial charge in [-0.2, -0.15) is 13.2 Å². The lowest BCUT2D eigenvalue weighted by molar-refractivity contribution is -0.137. The molecule has 14 nitrogen and oxygen atoms in total. The maximum atomic E-state index is 13.3. The van der Waals surface area contributed by atoms with Crippen LogP contribution in [0.25, 0.3) is 0 Å². The molecule has 1 fully saturated rings. The van der Waals surface area contributed by atoms with Crippen molar-refractivity contribution in [2.45, 2.75) is 22.4 Å². The Bertz CT molecular complexity index is 897. The van der Waals surface area contributed by atoms with Gasteiger partial charge in [0.25, 0.3) is 0 Å². The molecule has 2 aliphatic rings. The molecule has 2 aliphatic heterocycles. The number of aliphatic hydroxyl groups excluding tert-OH is 1. The van der Waals surface area contributed by atoms with E-state index in [-0.39, 0.29) is 61.4 Å². The Kier molecular flexibility index (Phi) is 31.8. The van der Waals surface area contributed by atoms with E-state index in [9.17, 15) is 13.2 Å². The van der Waals surface area contributed by atoms with Crippen molar-refractivity contribution in [1.82, 2.24) is 9.80 Å². The van der Waals surface area contributed by atoms with Gasteiger partial charge in [-0.15, -0.1) is 0 Å². The Morgan fingerprint density at radius 2 is 1.15 bits per heavy atom. The van der Waals surface area contributed by atoms with Gasteiger partial charge in [-0.05, 0) is 43.3 Å². The van der Waals surface area contributed by atoms with E-state index in [0.717, 1.165) is 54.6 Å². The second-order valence-corrected chi connectivity index (χ2v) is 8.75. The zero-order valence-corrected chi connectivity index (χ0v) is 22.6. The summed E-state index contributed by atoms with van der Waals surface area (Å²) in [5.41, 5.74) is 1.01. The molecule has 0 aliphatic carbocycles. The molecular formula is C22H46F3N3O11S. The number of benzene rings is 2. The van der Waals surface area contributed by atoms with Crippen molar-refractivity contribution in [3.05, 3.63) is 48.0 Å². The van der Waals surface area contributed by atoms with E-state index >= 15 is 0 Å². The number of fused-ring (bicyclic) bond motifs is 2. The minimum Gasteiger partial charge on any atom is -0.412 e. The number of nitrogens with zero attached hydrogens (tertiary/aromatic N) is 3. The van der Waals surface area contributed by atoms with Crippen LogP contribution in [0.4, 0.5) is 24.5 Å². The van der Waals surface area contributed by atoms with Crippen molar-refractivity contribution in [2.24, 2.45) is 0 Å². The zero-order chi connectivity index (χ0) is 21.1. The molecule has 1 saturated heterocycles. The monoisotopic (exact) mass is 617 g/mol. The summed E-state index contributed by atoms with van der Waals surface area (Å²) in [4.78, 5) is 8.62. The first-order valence-corrected chi connectivity index (χ1v) is 11.1. The molecule has 0 spiro atoms. The summed E-state index contributed by atoms with van der Waals surface area (Å²) in [6.45, 7) is 6.29. The summed E-state index contributed by atoms with van der Waals surface area (Å²) in [6, 6.07) is 11.9. The van der Waals surface area contributed by atoms with E-state index in [1.807, 2.05) is 29.2 Å². The number of hydrogen-bond donors (Lipinski definition) is 1. The molecule has 0 radical (unpaired) electrons. The van der Waals surface area contributed by atoms with Gasteiger partial charge in [-0.3, -0.25) is 4.90 Å². The van der Waals surface area contributed by atoms with Gasteiger partial charge in [0.2, 0.25) is 0 Å². The van der Waals surface area contributed by atoms with Crippen LogP contribution < -0.4 is 4.90 Å². The molecule has 0 atom stereocenters. The van der Waals surface area contributed by atoms with Gasteiger partial charge >= 0.3 is 6.18 Å². The van der Waals surface area contributed by atoms with Crippen molar-refractivity contribution in [3.8, 4) is 0 Å². The number of β-amino-alcohol motifs (C(OH)–C–C–N with tert-alkyl or cyclic N) is 1. The molecule has 242 valence electrons. The third-order valence-corrected chi connectivity index (χ3v) is 6.82. The molecule has 40 heavy (non-hydrogen) atoms. The number of hydrogen-bond acceptors (Lipinski definition) is 5. The molecule has 0 bridgehead atoms. The Balaban J connectivity index is -0.000000218. The summed E-state index contributed by atoms with van der Waals surface area (Å²) < 4.78 is 39.9. The van der Waals surface area contributed by atoms with E-state index in [1.165, 1.54) is 23.9 Å². The van der Waals surface area contributed by atoms with E-state index < -0.39 is 11.7 Å². The number of para-hydroxylation sites is 1. The maximum absolute atomic E-state index is 13.3. The summed E-state index contributed by atoms with van der Waals surface area (Å²) in [5, 5.41) is 9.07. The Morgan fingerprint density at radius 1 is 0.650 bits per heavy atom. The quantitative estimate of drug-likeness (QED) is 0.338. The van der Waals surface area contributed by atoms with E-state index in [4.69, 9.17) is 5.11 Å². The molecule has 18 heteroatoms. The van der Waals surface area contributed by atoms with Gasteiger partial charge in [-0.25, -0.2) is 0 Å². The van der Waals surface area contributed by atoms with E-state index in [2.05, 4.69) is 9.80 Å². The fourth-order valence-electron chi connectivity index (χ4n) is 4.08. The minimum absolute atomic E-state index is 0. The summed E-state index contributed by atoms with van der Waals surface area (Å²) in [7, 11) is 0. The normalized spacial score (nSPS) is 13.2. The molecule has 2 heterocycles. The van der Waals surface area contributed by atoms with Gasteiger partial charge in [0.05, 0.1) is 23.5 Å². The fraction of sp³-hybridized carbons (Fsp3) is 0.455. The number of anilines is 2. The molecule has 0 amide bonds. The van der Waals surface area contributed by atoms with Gasteiger partial charge in [-0.1, -0.05) is 23.9 Å². The first-order chi connectivity index (χ1) is 14.5. The molecule has 2 aromatic rings. The number of rotatable bonds is 6. The van der Waals surface area contributed by atoms with Crippen LogP contribution in [0.1, 0.15) is 12.0 Å². The molecule has 0 saturated carbocycles. The van der Waals surface area contributed by atoms with Gasteiger partial charge in [0, 0.05) is 49.1 Å². The number of aliphatic hydroxyl groups is 1. The van der Waals surface area contributed by atoms with Gasteiger partial charge in [0.1, 0.15) is 0 Å². The predicted octanol–water partition coefficient (Wildman–Crippen LogP) is -3.94. The maximum Gasteiger partial charge on any atom is 0.416 e. The molecule has 21 N–H and O–H groups in total. The van der Waals surface area contributed by atoms with Crippen LogP contribution in [-0.4, -0.2) is 122 Å². The first kappa shape index (κ1) is 54.0. The molecule has 0 unspecified atom stereocenters. The highest BCUT2D eigenvalue weighted by Crippen LogP contribution is 2.49. The highest BCUT2D eigenvalue weighted by Gasteiger charge is 2.33. The van der Waals surface area contributed by atoms with Crippen molar-refractivity contribution in [1.29, 1.82) is 0 Å². The third kappa shape index (κ3) is 12.6. The SMILES string of the molecule is O.O.O.O.O.O.O.O.O.O.OCCN1CCN(CCCN2c3ccccc3Sc3ccc(C(F)(F)F)cc32)CC1. The lowest BCUT2D eigenvalue weighted by atomic mass is 10.1. The van der Waals surface area contributed by atoms with Gasteiger partial charge in [0.15, 0.2) is 0 Å². The molecule has 4 rings (SSSR count). The van der Waals surface area contributed by atoms with Crippen LogP contribution in [0, 0.1) is 0 Å². The highest BCUT2D eigenvalue weighted by atomic mass is 32.2. The molecule has 2 aromatic carbocycles. The van der Waals surface area contributed by atoms with Gasteiger partial charge < -0.3 is 69.7 Å². The Hall–Kier alpha value is -2.14. The van der Waals surface area contributed by atoms with Crippen LogP contribution in [0.3, 0.4) is 0 Å². The molecule has 0 aromatic heterocycles. The standard InChI is InChI=1S/C22H26F3N3OS.10H2O/c23-22(24,25)17-6-7-21-19(16-17)28(18-4-1-2-5-20(18)30-21)9-3-8-26-10-12-27(13-11-26)14-15-29;;;;;;;;;;/h1-2,4-7,16,29H,3,8-15H2;10*1H2. The van der Waals surface area contributed by atoms with Crippen molar-refractivity contribution in [2.75, 3.05) is 57.3 Å². The van der Waals surface area contributed by atoms with Crippen LogP contribution >= 0.6 is 11.8 Å². The Labute approximate surface area is 234 Å². The topological polar surface area (TPSA) is 345 Å². The largest absolute Gasteiger partial charge is 0.416 e. The van der Waals surface area contributed by atoms with Crippen LogP contribution in [-0.2, 0) is 6.18 Å². The number of halogens is 3. The smallest absolute Gasteiger partial charge is 0.412 e. The fourth-order valence-corrected chi connectivity index (χ4v) is 5.15. The summed E-state index contributed by atoms with van der Waals surface area (Å²) >= 11 is 1.53. The third-order valence-electron chi connectivity index (χ3n) is 5.69. The van der Waals surface area contributed by atoms with Crippen molar-refractivity contribution < 1.29 is 73.0 Å². The second kappa shape index (κ2) is 23.6. The zero-order valence-electron chi connectivity index (χ0n) is 21.7. The first-order valence-electron chi connectivity index (χ1n) is 10.3. The Morgan fingerprint density at radius 3 is 1.68 bits per heavy atom. The predicted molar refractivity (Wildman–Crippen MR) is 150 cm³/mol. The lowest BCUT2D eigenvalue weighted by Crippen LogP contribution is -2.47. The average molecular weight is 618 g/mol. The van der Waals surface area contributed by atoms with Crippen LogP contribution in [0.15, 0.2) is 52.3 Å². The van der Waals surface area contributed by atoms with E-state index in [0.29, 0.717) is 18.8 Å². The average Bonchev–Trinajstić information content (AvgIpc) is 2.73. The highest BCUT2D eigenvalue weighted by molar-refractivity contribution is 7.99.